The van der Waals surface area contributed by atoms with Gasteiger partial charge in [0, 0.05) is 12.6 Å². The van der Waals surface area contributed by atoms with Crippen LogP contribution in [0.3, 0.4) is 0 Å². The highest BCUT2D eigenvalue weighted by atomic mass is 32.1. The highest BCUT2D eigenvalue weighted by Crippen LogP contribution is 2.27. The third-order valence-electron chi connectivity index (χ3n) is 2.66. The summed E-state index contributed by atoms with van der Waals surface area (Å²) < 4.78 is 0. The van der Waals surface area contributed by atoms with E-state index in [0.717, 1.165) is 29.0 Å². The molecule has 0 amide bonds. The van der Waals surface area contributed by atoms with Crippen molar-refractivity contribution in [3.05, 3.63) is 11.4 Å². The van der Waals surface area contributed by atoms with E-state index < -0.39 is 0 Å². The van der Waals surface area contributed by atoms with E-state index in [1.165, 1.54) is 0 Å². The number of nitrogens with zero attached hydrogens (tertiary/aromatic N) is 2. The molecule has 0 aliphatic heterocycles. The SMILES string of the molecule is CCNc1nc(NC(C)CC)c2ccsc2n1. The van der Waals surface area contributed by atoms with Crippen LogP contribution in [0.4, 0.5) is 11.8 Å². The highest BCUT2D eigenvalue weighted by molar-refractivity contribution is 7.16. The van der Waals surface area contributed by atoms with Crippen molar-refractivity contribution in [1.82, 2.24) is 9.97 Å². The van der Waals surface area contributed by atoms with E-state index in [4.69, 9.17) is 0 Å². The quantitative estimate of drug-likeness (QED) is 0.854. The minimum Gasteiger partial charge on any atom is -0.367 e. The number of thiophene rings is 1. The minimum atomic E-state index is 0.419. The third kappa shape index (κ3) is 2.66. The van der Waals surface area contributed by atoms with Gasteiger partial charge in [0.1, 0.15) is 10.6 Å². The van der Waals surface area contributed by atoms with Crippen molar-refractivity contribution < 1.29 is 0 Å². The first-order chi connectivity index (χ1) is 8.24. The Morgan fingerprint density at radius 2 is 2.18 bits per heavy atom. The van der Waals surface area contributed by atoms with Crippen LogP contribution in [-0.4, -0.2) is 22.6 Å². The summed E-state index contributed by atoms with van der Waals surface area (Å²) in [4.78, 5) is 10.0. The molecule has 0 fully saturated rings. The van der Waals surface area contributed by atoms with Crippen molar-refractivity contribution in [2.45, 2.75) is 33.2 Å². The van der Waals surface area contributed by atoms with Gasteiger partial charge < -0.3 is 10.6 Å². The van der Waals surface area contributed by atoms with Crippen molar-refractivity contribution in [3.8, 4) is 0 Å². The summed E-state index contributed by atoms with van der Waals surface area (Å²) in [6.45, 7) is 7.20. The first kappa shape index (κ1) is 12.1. The minimum absolute atomic E-state index is 0.419. The Morgan fingerprint density at radius 3 is 2.88 bits per heavy atom. The number of anilines is 2. The van der Waals surface area contributed by atoms with E-state index in [1.807, 2.05) is 6.92 Å². The monoisotopic (exact) mass is 250 g/mol. The van der Waals surface area contributed by atoms with Crippen molar-refractivity contribution in [1.29, 1.82) is 0 Å². The third-order valence-corrected chi connectivity index (χ3v) is 3.46. The van der Waals surface area contributed by atoms with Crippen LogP contribution in [0.25, 0.3) is 10.2 Å². The molecule has 2 heterocycles. The van der Waals surface area contributed by atoms with Crippen LogP contribution in [0.2, 0.25) is 0 Å². The van der Waals surface area contributed by atoms with Gasteiger partial charge in [0.2, 0.25) is 5.95 Å². The van der Waals surface area contributed by atoms with Gasteiger partial charge in [-0.25, -0.2) is 4.98 Å². The Kier molecular flexibility index (Phi) is 3.78. The standard InChI is InChI=1S/C12H18N4S/c1-4-8(3)14-10-9-6-7-17-11(9)16-12(15-10)13-5-2/h6-8H,4-5H2,1-3H3,(H2,13,14,15,16). The second-order valence-electron chi connectivity index (χ2n) is 4.02. The topological polar surface area (TPSA) is 49.8 Å². The van der Waals surface area contributed by atoms with Gasteiger partial charge in [-0.1, -0.05) is 6.92 Å². The first-order valence-electron chi connectivity index (χ1n) is 6.00. The number of hydrogen-bond donors (Lipinski definition) is 2. The van der Waals surface area contributed by atoms with E-state index in [0.29, 0.717) is 12.0 Å². The smallest absolute Gasteiger partial charge is 0.226 e. The molecule has 2 N–H and O–H groups in total. The second-order valence-corrected chi connectivity index (χ2v) is 4.91. The van der Waals surface area contributed by atoms with Crippen molar-refractivity contribution in [2.24, 2.45) is 0 Å². The van der Waals surface area contributed by atoms with E-state index in [1.54, 1.807) is 11.3 Å². The van der Waals surface area contributed by atoms with Gasteiger partial charge in [-0.2, -0.15) is 4.98 Å². The average molecular weight is 250 g/mol. The van der Waals surface area contributed by atoms with Crippen LogP contribution >= 0.6 is 11.3 Å². The Morgan fingerprint density at radius 1 is 1.35 bits per heavy atom. The van der Waals surface area contributed by atoms with Gasteiger partial charge in [-0.05, 0) is 31.7 Å². The number of aromatic nitrogens is 2. The molecule has 0 saturated heterocycles. The number of nitrogens with one attached hydrogen (secondary N) is 2. The number of rotatable bonds is 5. The predicted molar refractivity (Wildman–Crippen MR) is 75.0 cm³/mol. The molecule has 4 nitrogen and oxygen atoms in total. The van der Waals surface area contributed by atoms with Crippen LogP contribution in [-0.2, 0) is 0 Å². The summed E-state index contributed by atoms with van der Waals surface area (Å²) >= 11 is 1.65. The summed E-state index contributed by atoms with van der Waals surface area (Å²) in [5.74, 6) is 1.63. The van der Waals surface area contributed by atoms with Crippen molar-refractivity contribution in [2.75, 3.05) is 17.2 Å². The van der Waals surface area contributed by atoms with Gasteiger partial charge in [-0.3, -0.25) is 0 Å². The Hall–Kier alpha value is -1.36. The molecule has 5 heteroatoms. The lowest BCUT2D eigenvalue weighted by Crippen LogP contribution is -2.15. The van der Waals surface area contributed by atoms with E-state index in [-0.39, 0.29) is 0 Å². The number of hydrogen-bond acceptors (Lipinski definition) is 5. The van der Waals surface area contributed by atoms with Gasteiger partial charge in [0.25, 0.3) is 0 Å². The molecule has 0 radical (unpaired) electrons. The molecule has 92 valence electrons. The Bertz CT molecular complexity index is 494. The maximum absolute atomic E-state index is 4.52. The van der Waals surface area contributed by atoms with E-state index in [2.05, 4.69) is 45.9 Å². The molecular weight excluding hydrogens is 232 g/mol. The number of fused-ring (bicyclic) bond motifs is 1. The largest absolute Gasteiger partial charge is 0.367 e. The maximum Gasteiger partial charge on any atom is 0.226 e. The molecule has 17 heavy (non-hydrogen) atoms. The van der Waals surface area contributed by atoms with Crippen LogP contribution in [0, 0.1) is 0 Å². The van der Waals surface area contributed by atoms with Crippen molar-refractivity contribution in [3.63, 3.8) is 0 Å². The first-order valence-corrected chi connectivity index (χ1v) is 6.88. The van der Waals surface area contributed by atoms with Gasteiger partial charge in [-0.15, -0.1) is 11.3 Å². The molecular formula is C12H18N4S. The van der Waals surface area contributed by atoms with Crippen LogP contribution < -0.4 is 10.6 Å². The highest BCUT2D eigenvalue weighted by Gasteiger charge is 2.09. The fraction of sp³-hybridized carbons (Fsp3) is 0.500. The fourth-order valence-electron chi connectivity index (χ4n) is 1.54. The predicted octanol–water partition coefficient (Wildman–Crippen LogP) is 3.33. The lowest BCUT2D eigenvalue weighted by Gasteiger charge is -2.13. The summed E-state index contributed by atoms with van der Waals surface area (Å²) in [7, 11) is 0. The fourth-order valence-corrected chi connectivity index (χ4v) is 2.30. The molecule has 0 spiro atoms. The van der Waals surface area contributed by atoms with Crippen LogP contribution in [0.5, 0.6) is 0 Å². The lowest BCUT2D eigenvalue weighted by atomic mass is 10.2. The summed E-state index contributed by atoms with van der Waals surface area (Å²) in [6, 6.07) is 2.49. The maximum atomic E-state index is 4.52. The van der Waals surface area contributed by atoms with Gasteiger partial charge in [0.15, 0.2) is 0 Å². The molecule has 0 aliphatic rings. The molecule has 1 atom stereocenters. The zero-order chi connectivity index (χ0) is 12.3. The molecule has 2 rings (SSSR count). The zero-order valence-corrected chi connectivity index (χ0v) is 11.3. The molecule has 0 aliphatic carbocycles. The summed E-state index contributed by atoms with van der Waals surface area (Å²) in [5, 5.41) is 9.76. The van der Waals surface area contributed by atoms with Crippen LogP contribution in [0.1, 0.15) is 27.2 Å². The molecule has 1 unspecified atom stereocenters. The summed E-state index contributed by atoms with van der Waals surface area (Å²) in [6.07, 6.45) is 1.08. The molecule has 2 aromatic heterocycles. The Labute approximate surface area is 105 Å². The molecule has 0 aromatic carbocycles. The average Bonchev–Trinajstić information content (AvgIpc) is 2.77. The second kappa shape index (κ2) is 5.31. The zero-order valence-electron chi connectivity index (χ0n) is 10.4. The molecule has 2 aromatic rings. The van der Waals surface area contributed by atoms with Crippen molar-refractivity contribution >= 4 is 33.3 Å². The van der Waals surface area contributed by atoms with Crippen LogP contribution in [0.15, 0.2) is 11.4 Å². The van der Waals surface area contributed by atoms with E-state index in [9.17, 15) is 0 Å². The molecule has 0 bridgehead atoms. The van der Waals surface area contributed by atoms with E-state index >= 15 is 0 Å². The van der Waals surface area contributed by atoms with Gasteiger partial charge >= 0.3 is 0 Å². The summed E-state index contributed by atoms with van der Waals surface area (Å²) in [5.41, 5.74) is 0. The Balaban J connectivity index is 2.39. The lowest BCUT2D eigenvalue weighted by molar-refractivity contribution is 0.760. The van der Waals surface area contributed by atoms with Gasteiger partial charge in [0.05, 0.1) is 5.39 Å². The molecule has 0 saturated carbocycles. The normalized spacial score (nSPS) is 12.6.